The third kappa shape index (κ3) is 4.35. The highest BCUT2D eigenvalue weighted by molar-refractivity contribution is 9.10. The fourth-order valence-electron chi connectivity index (χ4n) is 1.27. The van der Waals surface area contributed by atoms with E-state index in [2.05, 4.69) is 15.9 Å². The van der Waals surface area contributed by atoms with E-state index in [1.807, 2.05) is 0 Å². The van der Waals surface area contributed by atoms with E-state index >= 15 is 0 Å². The number of carbonyl (C=O) groups is 1. The number of aryl methyl sites for hydroxylation is 1. The van der Waals surface area contributed by atoms with Crippen LogP contribution in [0.3, 0.4) is 0 Å². The first-order valence-corrected chi connectivity index (χ1v) is 6.48. The van der Waals surface area contributed by atoms with Crippen LogP contribution in [0.25, 0.3) is 0 Å². The molecule has 0 heterocycles. The van der Waals surface area contributed by atoms with Gasteiger partial charge in [-0.15, -0.1) is 0 Å². The van der Waals surface area contributed by atoms with Gasteiger partial charge in [-0.25, -0.2) is 0 Å². The molecule has 0 bridgehead atoms. The van der Waals surface area contributed by atoms with Crippen molar-refractivity contribution in [2.45, 2.75) is 29.1 Å². The predicted octanol–water partition coefficient (Wildman–Crippen LogP) is 4.57. The number of alkyl halides is 4. The summed E-state index contributed by atoms with van der Waals surface area (Å²) in [4.78, 5) is 11.4. The van der Waals surface area contributed by atoms with Gasteiger partial charge in [0.15, 0.2) is 5.78 Å². The summed E-state index contributed by atoms with van der Waals surface area (Å²) in [6.45, 7) is 3.24. The summed E-state index contributed by atoms with van der Waals surface area (Å²) < 4.78 is 36.6. The molecule has 6 heteroatoms. The lowest BCUT2D eigenvalue weighted by molar-refractivity contribution is -0.0328. The molecule has 0 radical (unpaired) electrons. The van der Waals surface area contributed by atoms with Crippen molar-refractivity contribution in [2.24, 2.45) is 0 Å². The van der Waals surface area contributed by atoms with Gasteiger partial charge in [-0.3, -0.25) is 4.79 Å². The maximum Gasteiger partial charge on any atom is 0.446 e. The van der Waals surface area contributed by atoms with Gasteiger partial charge in [0.1, 0.15) is 0 Å². The van der Waals surface area contributed by atoms with E-state index in [1.54, 1.807) is 13.8 Å². The van der Waals surface area contributed by atoms with Crippen LogP contribution in [0.1, 0.15) is 22.8 Å². The van der Waals surface area contributed by atoms with Gasteiger partial charge in [0, 0.05) is 10.5 Å². The summed E-state index contributed by atoms with van der Waals surface area (Å²) in [7, 11) is 0. The highest BCUT2D eigenvalue weighted by atomic mass is 79.9. The Morgan fingerprint density at radius 3 is 2.41 bits per heavy atom. The molecule has 0 aliphatic heterocycles. The van der Waals surface area contributed by atoms with Crippen molar-refractivity contribution < 1.29 is 18.0 Å². The van der Waals surface area contributed by atoms with Crippen LogP contribution >= 0.6 is 27.7 Å². The van der Waals surface area contributed by atoms with Crippen molar-refractivity contribution in [1.29, 1.82) is 0 Å². The van der Waals surface area contributed by atoms with Crippen molar-refractivity contribution in [3.05, 3.63) is 29.3 Å². The maximum absolute atomic E-state index is 12.2. The highest BCUT2D eigenvalue weighted by Crippen LogP contribution is 2.38. The standard InChI is InChI=1S/C11H10BrF3OS/c1-6-5-8(10(16)7(2)12)3-4-9(6)17-11(13,14)15/h3-5,7H,1-2H3. The summed E-state index contributed by atoms with van der Waals surface area (Å²) in [6, 6.07) is 4.23. The van der Waals surface area contributed by atoms with E-state index in [0.717, 1.165) is 0 Å². The minimum Gasteiger partial charge on any atom is -0.293 e. The van der Waals surface area contributed by atoms with Crippen LogP contribution in [0.4, 0.5) is 13.2 Å². The molecule has 17 heavy (non-hydrogen) atoms. The van der Waals surface area contributed by atoms with Crippen molar-refractivity contribution >= 4 is 33.5 Å². The lowest BCUT2D eigenvalue weighted by atomic mass is 10.1. The summed E-state index contributed by atoms with van der Waals surface area (Å²) >= 11 is 2.97. The van der Waals surface area contributed by atoms with Crippen LogP contribution in [-0.4, -0.2) is 16.1 Å². The van der Waals surface area contributed by atoms with Gasteiger partial charge in [0.05, 0.1) is 4.83 Å². The Kier molecular flexibility index (Phi) is 4.66. The zero-order valence-corrected chi connectivity index (χ0v) is 11.5. The van der Waals surface area contributed by atoms with E-state index in [-0.39, 0.29) is 27.3 Å². The van der Waals surface area contributed by atoms with Gasteiger partial charge in [0.25, 0.3) is 0 Å². The predicted molar refractivity (Wildman–Crippen MR) is 65.8 cm³/mol. The first-order chi connectivity index (χ1) is 7.70. The van der Waals surface area contributed by atoms with Crippen LogP contribution in [-0.2, 0) is 0 Å². The Labute approximate surface area is 110 Å². The number of thioether (sulfide) groups is 1. The summed E-state index contributed by atoms with van der Waals surface area (Å²) in [5.41, 5.74) is -3.44. The lowest BCUT2D eigenvalue weighted by Crippen LogP contribution is -2.10. The zero-order chi connectivity index (χ0) is 13.2. The van der Waals surface area contributed by atoms with Crippen molar-refractivity contribution in [3.63, 3.8) is 0 Å². The molecule has 1 atom stereocenters. The number of hydrogen-bond acceptors (Lipinski definition) is 2. The Bertz CT molecular complexity index is 429. The molecular weight excluding hydrogens is 317 g/mol. The number of Topliss-reactive ketones (excluding diaryl/α,β-unsaturated/α-hetero) is 1. The molecule has 0 saturated carbocycles. The Balaban J connectivity index is 2.98. The van der Waals surface area contributed by atoms with Crippen LogP contribution in [0, 0.1) is 6.92 Å². The molecule has 0 spiro atoms. The molecule has 1 rings (SSSR count). The van der Waals surface area contributed by atoms with Crippen LogP contribution in [0.5, 0.6) is 0 Å². The van der Waals surface area contributed by atoms with Crippen molar-refractivity contribution in [3.8, 4) is 0 Å². The molecule has 94 valence electrons. The van der Waals surface area contributed by atoms with Gasteiger partial charge in [-0.05, 0) is 43.3 Å². The van der Waals surface area contributed by atoms with Crippen LogP contribution in [0.2, 0.25) is 0 Å². The molecule has 1 unspecified atom stereocenters. The molecule has 0 N–H and O–H groups in total. The molecule has 0 aromatic heterocycles. The van der Waals surface area contributed by atoms with Crippen molar-refractivity contribution in [2.75, 3.05) is 0 Å². The second-order valence-corrected chi connectivity index (χ2v) is 5.99. The smallest absolute Gasteiger partial charge is 0.293 e. The minimum atomic E-state index is -4.31. The summed E-state index contributed by atoms with van der Waals surface area (Å²) in [5.74, 6) is -0.142. The van der Waals surface area contributed by atoms with E-state index in [9.17, 15) is 18.0 Å². The van der Waals surface area contributed by atoms with Gasteiger partial charge in [-0.2, -0.15) is 13.2 Å². The van der Waals surface area contributed by atoms with Crippen LogP contribution in [0.15, 0.2) is 23.1 Å². The molecule has 0 amide bonds. The van der Waals surface area contributed by atoms with E-state index in [4.69, 9.17) is 0 Å². The number of halogens is 4. The molecule has 1 nitrogen and oxygen atoms in total. The topological polar surface area (TPSA) is 17.1 Å². The second-order valence-electron chi connectivity index (χ2n) is 3.51. The quantitative estimate of drug-likeness (QED) is 0.459. The van der Waals surface area contributed by atoms with E-state index in [1.165, 1.54) is 18.2 Å². The molecule has 0 saturated heterocycles. The minimum absolute atomic E-state index is 0.122. The number of benzene rings is 1. The molecular formula is C11H10BrF3OS. The normalized spacial score (nSPS) is 13.5. The Hall–Kier alpha value is -0.490. The lowest BCUT2D eigenvalue weighted by Gasteiger charge is -2.10. The first-order valence-electron chi connectivity index (χ1n) is 4.75. The highest BCUT2D eigenvalue weighted by Gasteiger charge is 2.30. The average Bonchev–Trinajstić information content (AvgIpc) is 2.18. The Morgan fingerprint density at radius 1 is 1.41 bits per heavy atom. The number of ketones is 1. The number of rotatable bonds is 3. The number of hydrogen-bond donors (Lipinski definition) is 0. The second kappa shape index (κ2) is 5.44. The Morgan fingerprint density at radius 2 is 2.00 bits per heavy atom. The van der Waals surface area contributed by atoms with Crippen molar-refractivity contribution in [1.82, 2.24) is 0 Å². The van der Waals surface area contributed by atoms with E-state index < -0.39 is 5.51 Å². The average molecular weight is 327 g/mol. The van der Waals surface area contributed by atoms with Gasteiger partial charge in [-0.1, -0.05) is 22.0 Å². The molecule has 1 aromatic rings. The maximum atomic E-state index is 12.2. The van der Waals surface area contributed by atoms with Gasteiger partial charge >= 0.3 is 5.51 Å². The summed E-state index contributed by atoms with van der Waals surface area (Å²) in [5, 5.41) is 0. The third-order valence-corrected chi connectivity index (χ3v) is 3.37. The fraction of sp³-hybridized carbons (Fsp3) is 0.364. The molecule has 0 aliphatic rings. The zero-order valence-electron chi connectivity index (χ0n) is 9.14. The summed E-state index contributed by atoms with van der Waals surface area (Å²) in [6.07, 6.45) is 0. The SMILES string of the molecule is Cc1cc(C(=O)C(C)Br)ccc1SC(F)(F)F. The number of carbonyl (C=O) groups excluding carboxylic acids is 1. The largest absolute Gasteiger partial charge is 0.446 e. The van der Waals surface area contributed by atoms with Gasteiger partial charge in [0.2, 0.25) is 0 Å². The fourth-order valence-corrected chi connectivity index (χ4v) is 2.14. The molecule has 0 aliphatic carbocycles. The van der Waals surface area contributed by atoms with Gasteiger partial charge < -0.3 is 0 Å². The van der Waals surface area contributed by atoms with Crippen LogP contribution < -0.4 is 0 Å². The van der Waals surface area contributed by atoms with E-state index in [0.29, 0.717) is 11.1 Å². The first kappa shape index (κ1) is 14.6. The molecule has 1 aromatic carbocycles. The molecule has 0 fully saturated rings. The monoisotopic (exact) mass is 326 g/mol. The third-order valence-electron chi connectivity index (χ3n) is 2.05.